The summed E-state index contributed by atoms with van der Waals surface area (Å²) in [7, 11) is 0. The van der Waals surface area contributed by atoms with Crippen molar-refractivity contribution in [3.63, 3.8) is 0 Å². The lowest BCUT2D eigenvalue weighted by Crippen LogP contribution is -1.93. The number of pyridine rings is 1. The molecule has 0 saturated heterocycles. The molecule has 2 N–H and O–H groups in total. The van der Waals surface area contributed by atoms with Crippen molar-refractivity contribution >= 4 is 33.4 Å². The second kappa shape index (κ2) is 11.4. The van der Waals surface area contributed by atoms with Gasteiger partial charge in [0.15, 0.2) is 5.82 Å². The molecule has 6 heteroatoms. The van der Waals surface area contributed by atoms with Crippen molar-refractivity contribution in [2.75, 3.05) is 0 Å². The van der Waals surface area contributed by atoms with E-state index in [0.29, 0.717) is 0 Å². The number of nitrogens with zero attached hydrogens (tertiary/aromatic N) is 3. The van der Waals surface area contributed by atoms with Gasteiger partial charge in [-0.05, 0) is 79.3 Å². The molecule has 0 atom stereocenters. The molecule has 2 aromatic carbocycles. The summed E-state index contributed by atoms with van der Waals surface area (Å²) in [6.07, 6.45) is 9.63. The van der Waals surface area contributed by atoms with E-state index < -0.39 is 0 Å². The van der Waals surface area contributed by atoms with Gasteiger partial charge in [-0.2, -0.15) is 5.10 Å². The van der Waals surface area contributed by atoms with Gasteiger partial charge in [0, 0.05) is 44.4 Å². The molecule has 4 heterocycles. The van der Waals surface area contributed by atoms with E-state index in [2.05, 4.69) is 100 Å². The van der Waals surface area contributed by atoms with Crippen LogP contribution in [0.5, 0.6) is 0 Å². The molecular formula is C35H31N5S. The highest BCUT2D eigenvalue weighted by molar-refractivity contribution is 7.14. The lowest BCUT2D eigenvalue weighted by atomic mass is 10.0. The third-order valence-corrected chi connectivity index (χ3v) is 8.46. The lowest BCUT2D eigenvalue weighted by Gasteiger charge is -2.06. The van der Waals surface area contributed by atoms with Crippen LogP contribution in [0.2, 0.25) is 0 Å². The van der Waals surface area contributed by atoms with Crippen molar-refractivity contribution in [1.29, 1.82) is 0 Å². The van der Waals surface area contributed by atoms with Crippen molar-refractivity contribution < 1.29 is 0 Å². The first-order chi connectivity index (χ1) is 20.0. The number of allylic oxidation sites excluding steroid dienone is 3. The van der Waals surface area contributed by atoms with Crippen LogP contribution in [-0.4, -0.2) is 25.1 Å². The topological polar surface area (TPSA) is 70.2 Å². The first-order valence-electron chi connectivity index (χ1n) is 13.6. The standard InChI is InChI=1S/C35H31N5S/c1-5-9-28(32-17-16-31(41-32)22(2)3)33-23(4)37-35(38-33)34-29-19-26(14-15-30(29)39-40-34)27-18-25(20-36-21-27)13-12-24-10-7-6-8-11-24/h5-11,14-21H,1-2,12-13H2,3-4H3,(H,37,38)(H,39,40)/b28-9-. The number of hydrogen-bond acceptors (Lipinski definition) is 4. The molecule has 0 unspecified atom stereocenters. The molecule has 6 aromatic rings. The summed E-state index contributed by atoms with van der Waals surface area (Å²) < 4.78 is 0. The van der Waals surface area contributed by atoms with Gasteiger partial charge in [-0.3, -0.25) is 10.1 Å². The highest BCUT2D eigenvalue weighted by Crippen LogP contribution is 2.35. The second-order valence-electron chi connectivity index (χ2n) is 10.2. The Balaban J connectivity index is 1.32. The summed E-state index contributed by atoms with van der Waals surface area (Å²) in [5.41, 5.74) is 10.4. The number of benzene rings is 2. The van der Waals surface area contributed by atoms with Crippen LogP contribution in [0.25, 0.3) is 44.7 Å². The zero-order valence-electron chi connectivity index (χ0n) is 23.2. The maximum atomic E-state index is 5.04. The van der Waals surface area contributed by atoms with Gasteiger partial charge in [0.2, 0.25) is 0 Å². The number of hydrogen-bond donors (Lipinski definition) is 2. The molecular weight excluding hydrogens is 522 g/mol. The van der Waals surface area contributed by atoms with Crippen molar-refractivity contribution in [3.05, 3.63) is 137 Å². The maximum Gasteiger partial charge on any atom is 0.159 e. The minimum atomic E-state index is 0.724. The van der Waals surface area contributed by atoms with Gasteiger partial charge in [-0.1, -0.05) is 61.7 Å². The van der Waals surface area contributed by atoms with Crippen molar-refractivity contribution in [2.45, 2.75) is 26.7 Å². The van der Waals surface area contributed by atoms with Crippen LogP contribution in [0.1, 0.15) is 39.2 Å². The third-order valence-electron chi connectivity index (χ3n) is 7.18. The predicted molar refractivity (Wildman–Crippen MR) is 172 cm³/mol. The van der Waals surface area contributed by atoms with E-state index in [1.54, 1.807) is 11.3 Å². The Morgan fingerprint density at radius 1 is 0.927 bits per heavy atom. The molecule has 0 amide bonds. The monoisotopic (exact) mass is 553 g/mol. The Labute approximate surface area is 244 Å². The number of nitrogens with one attached hydrogen (secondary N) is 2. The number of imidazole rings is 1. The van der Waals surface area contributed by atoms with Gasteiger partial charge in [0.1, 0.15) is 5.69 Å². The fourth-order valence-electron chi connectivity index (χ4n) is 5.03. The SMILES string of the molecule is C=C/C=C(/c1ccc(C(=C)C)s1)c1nc(-c2n[nH]c3ccc(-c4cncc(CCc5ccccc5)c4)cc23)[nH]c1C. The number of H-pyrrole nitrogens is 2. The minimum Gasteiger partial charge on any atom is -0.340 e. The van der Waals surface area contributed by atoms with Gasteiger partial charge >= 0.3 is 0 Å². The molecule has 41 heavy (non-hydrogen) atoms. The van der Waals surface area contributed by atoms with Gasteiger partial charge in [0.05, 0.1) is 11.2 Å². The first-order valence-corrected chi connectivity index (χ1v) is 14.4. The van der Waals surface area contributed by atoms with E-state index in [1.807, 2.05) is 38.4 Å². The van der Waals surface area contributed by atoms with Crippen LogP contribution in [0.15, 0.2) is 104 Å². The highest BCUT2D eigenvalue weighted by atomic mass is 32.1. The molecule has 5 nitrogen and oxygen atoms in total. The van der Waals surface area contributed by atoms with E-state index in [1.165, 1.54) is 11.1 Å². The largest absolute Gasteiger partial charge is 0.340 e. The smallest absolute Gasteiger partial charge is 0.159 e. The lowest BCUT2D eigenvalue weighted by molar-refractivity contribution is 0.950. The molecule has 0 spiro atoms. The first kappa shape index (κ1) is 26.4. The van der Waals surface area contributed by atoms with E-state index in [9.17, 15) is 0 Å². The van der Waals surface area contributed by atoms with Crippen LogP contribution in [-0.2, 0) is 12.8 Å². The van der Waals surface area contributed by atoms with Crippen LogP contribution in [0, 0.1) is 6.92 Å². The Morgan fingerprint density at radius 3 is 2.51 bits per heavy atom. The maximum absolute atomic E-state index is 5.04. The predicted octanol–water partition coefficient (Wildman–Crippen LogP) is 8.82. The zero-order valence-corrected chi connectivity index (χ0v) is 24.1. The number of fused-ring (bicyclic) bond motifs is 1. The Bertz CT molecular complexity index is 1900. The molecule has 0 aliphatic rings. The van der Waals surface area contributed by atoms with E-state index in [-0.39, 0.29) is 0 Å². The number of aromatic nitrogens is 5. The van der Waals surface area contributed by atoms with Crippen molar-refractivity contribution in [2.24, 2.45) is 0 Å². The number of aryl methyl sites for hydroxylation is 3. The van der Waals surface area contributed by atoms with Gasteiger partial charge in [0.25, 0.3) is 0 Å². The second-order valence-corrected chi connectivity index (χ2v) is 11.3. The highest BCUT2D eigenvalue weighted by Gasteiger charge is 2.19. The van der Waals surface area contributed by atoms with Crippen LogP contribution in [0.4, 0.5) is 0 Å². The van der Waals surface area contributed by atoms with Crippen molar-refractivity contribution in [3.8, 4) is 22.6 Å². The Hall–Kier alpha value is -4.81. The summed E-state index contributed by atoms with van der Waals surface area (Å²) in [6, 6.07) is 23.4. The van der Waals surface area contributed by atoms with E-state index >= 15 is 0 Å². The van der Waals surface area contributed by atoms with E-state index in [4.69, 9.17) is 4.98 Å². The number of thiophene rings is 1. The molecule has 6 rings (SSSR count). The molecule has 0 saturated carbocycles. The Kier molecular flexibility index (Phi) is 7.32. The quantitative estimate of drug-likeness (QED) is 0.176. The average Bonchev–Trinajstić information content (AvgIpc) is 3.74. The number of rotatable bonds is 9. The molecule has 0 fully saturated rings. The van der Waals surface area contributed by atoms with E-state index in [0.717, 1.165) is 78.7 Å². The van der Waals surface area contributed by atoms with Crippen LogP contribution in [0.3, 0.4) is 0 Å². The van der Waals surface area contributed by atoms with Crippen LogP contribution < -0.4 is 0 Å². The average molecular weight is 554 g/mol. The van der Waals surface area contributed by atoms with Crippen LogP contribution >= 0.6 is 11.3 Å². The van der Waals surface area contributed by atoms with Gasteiger partial charge < -0.3 is 4.98 Å². The van der Waals surface area contributed by atoms with Gasteiger partial charge in [-0.15, -0.1) is 11.3 Å². The third kappa shape index (κ3) is 5.47. The molecule has 0 radical (unpaired) electrons. The molecule has 202 valence electrons. The summed E-state index contributed by atoms with van der Waals surface area (Å²) in [5.74, 6) is 0.724. The van der Waals surface area contributed by atoms with Crippen molar-refractivity contribution in [1.82, 2.24) is 25.1 Å². The molecule has 0 aliphatic heterocycles. The normalized spacial score (nSPS) is 11.7. The zero-order chi connectivity index (χ0) is 28.3. The summed E-state index contributed by atoms with van der Waals surface area (Å²) in [6.45, 7) is 12.1. The molecule has 4 aromatic heterocycles. The molecule has 0 bridgehead atoms. The fourth-order valence-corrected chi connectivity index (χ4v) is 5.99. The minimum absolute atomic E-state index is 0.724. The summed E-state index contributed by atoms with van der Waals surface area (Å²) in [4.78, 5) is 15.4. The fraction of sp³-hybridized carbons (Fsp3) is 0.114. The van der Waals surface area contributed by atoms with Gasteiger partial charge in [-0.25, -0.2) is 4.98 Å². The molecule has 0 aliphatic carbocycles. The summed E-state index contributed by atoms with van der Waals surface area (Å²) >= 11 is 1.71. The number of aromatic amines is 2. The summed E-state index contributed by atoms with van der Waals surface area (Å²) in [5, 5.41) is 8.85. The Morgan fingerprint density at radius 2 is 1.73 bits per heavy atom.